The number of ether oxygens (including phenoxy) is 1. The average molecular weight is 495 g/mol. The summed E-state index contributed by atoms with van der Waals surface area (Å²) in [6.45, 7) is 4.45. The van der Waals surface area contributed by atoms with Crippen LogP contribution in [0.5, 0.6) is 0 Å². The van der Waals surface area contributed by atoms with Gasteiger partial charge in [0.1, 0.15) is 6.10 Å². The summed E-state index contributed by atoms with van der Waals surface area (Å²) < 4.78 is 5.88. The van der Waals surface area contributed by atoms with Crippen molar-refractivity contribution in [2.75, 3.05) is 0 Å². The van der Waals surface area contributed by atoms with Crippen LogP contribution in [0.1, 0.15) is 168 Å². The summed E-state index contributed by atoms with van der Waals surface area (Å²) in [4.78, 5) is 22.9. The van der Waals surface area contributed by atoms with Gasteiger partial charge in [0.25, 0.3) is 0 Å². The van der Waals surface area contributed by atoms with Crippen LogP contribution in [0.25, 0.3) is 0 Å². The number of hydrogen-bond donors (Lipinski definition) is 1. The molecule has 0 amide bonds. The number of carboxylic acids is 1. The Bertz CT molecular complexity index is 500. The van der Waals surface area contributed by atoms with Crippen molar-refractivity contribution < 1.29 is 19.4 Å². The predicted molar refractivity (Wildman–Crippen MR) is 149 cm³/mol. The van der Waals surface area contributed by atoms with Crippen molar-refractivity contribution in [1.82, 2.24) is 0 Å². The summed E-state index contributed by atoms with van der Waals surface area (Å²) in [6, 6.07) is 0. The molecule has 1 unspecified atom stereocenters. The highest BCUT2D eigenvalue weighted by Crippen LogP contribution is 2.18. The summed E-state index contributed by atoms with van der Waals surface area (Å²) in [5.74, 6) is -0.688. The number of allylic oxidation sites excluding steroid dienone is 2. The molecule has 0 aromatic heterocycles. The quantitative estimate of drug-likeness (QED) is 0.0701. The molecule has 0 saturated carbocycles. The Balaban J connectivity index is 3.81. The van der Waals surface area contributed by atoms with Gasteiger partial charge >= 0.3 is 11.9 Å². The van der Waals surface area contributed by atoms with Gasteiger partial charge in [0.2, 0.25) is 0 Å². The lowest BCUT2D eigenvalue weighted by Gasteiger charge is -2.18. The highest BCUT2D eigenvalue weighted by molar-refractivity contribution is 5.69. The first kappa shape index (κ1) is 33.7. The van der Waals surface area contributed by atoms with Gasteiger partial charge in [-0.25, -0.2) is 0 Å². The Morgan fingerprint density at radius 3 is 1.63 bits per heavy atom. The van der Waals surface area contributed by atoms with Gasteiger partial charge in [0, 0.05) is 12.8 Å². The zero-order valence-electron chi connectivity index (χ0n) is 23.4. The summed E-state index contributed by atoms with van der Waals surface area (Å²) in [5.41, 5.74) is 0. The van der Waals surface area contributed by atoms with Gasteiger partial charge in [0.05, 0.1) is 0 Å². The van der Waals surface area contributed by atoms with Crippen LogP contribution < -0.4 is 0 Å². The zero-order chi connectivity index (χ0) is 25.8. The summed E-state index contributed by atoms with van der Waals surface area (Å²) in [5, 5.41) is 8.67. The first-order valence-corrected chi connectivity index (χ1v) is 15.2. The van der Waals surface area contributed by atoms with Crippen molar-refractivity contribution in [1.29, 1.82) is 0 Å². The predicted octanol–water partition coefficient (Wildman–Crippen LogP) is 9.94. The second kappa shape index (κ2) is 27.3. The molecule has 0 radical (unpaired) electrons. The molecule has 4 heteroatoms. The first-order chi connectivity index (χ1) is 17.1. The Hall–Kier alpha value is -1.32. The van der Waals surface area contributed by atoms with Gasteiger partial charge < -0.3 is 9.84 Å². The van der Waals surface area contributed by atoms with Crippen LogP contribution in [0.2, 0.25) is 0 Å². The molecule has 0 spiro atoms. The maximum absolute atomic E-state index is 12.4. The fourth-order valence-corrected chi connectivity index (χ4v) is 4.46. The number of hydrogen-bond acceptors (Lipinski definition) is 3. The monoisotopic (exact) mass is 494 g/mol. The van der Waals surface area contributed by atoms with E-state index in [0.717, 1.165) is 57.8 Å². The second-order valence-corrected chi connectivity index (χ2v) is 10.3. The Morgan fingerprint density at radius 1 is 0.600 bits per heavy atom. The maximum Gasteiger partial charge on any atom is 0.306 e. The molecule has 0 aliphatic heterocycles. The Morgan fingerprint density at radius 2 is 1.06 bits per heavy atom. The SMILES string of the molecule is CCCC/C=C\CCCCCCCCC(=O)OC(CCCCC)CCCCCCCCCC(=O)O. The van der Waals surface area contributed by atoms with Crippen LogP contribution in [-0.4, -0.2) is 23.1 Å². The third-order valence-corrected chi connectivity index (χ3v) is 6.74. The zero-order valence-corrected chi connectivity index (χ0v) is 23.4. The molecule has 0 saturated heterocycles. The van der Waals surface area contributed by atoms with Crippen molar-refractivity contribution in [2.24, 2.45) is 0 Å². The topological polar surface area (TPSA) is 63.6 Å². The smallest absolute Gasteiger partial charge is 0.306 e. The number of carbonyl (C=O) groups excluding carboxylic acids is 1. The fourth-order valence-electron chi connectivity index (χ4n) is 4.46. The molecule has 206 valence electrons. The standard InChI is InChI=1S/C31H58O4/c1-3-5-7-8-9-10-11-12-13-17-20-24-28-31(34)35-29(25-21-6-4-2)26-22-18-15-14-16-19-23-27-30(32)33/h8-9,29H,3-7,10-28H2,1-2H3,(H,32,33)/b9-8-. The average Bonchev–Trinajstić information content (AvgIpc) is 2.83. The van der Waals surface area contributed by atoms with E-state index < -0.39 is 5.97 Å². The van der Waals surface area contributed by atoms with E-state index in [1.165, 1.54) is 83.5 Å². The molecule has 0 heterocycles. The van der Waals surface area contributed by atoms with Crippen molar-refractivity contribution in [3.05, 3.63) is 12.2 Å². The van der Waals surface area contributed by atoms with E-state index in [1.807, 2.05) is 0 Å². The van der Waals surface area contributed by atoms with Crippen LogP contribution >= 0.6 is 0 Å². The first-order valence-electron chi connectivity index (χ1n) is 15.2. The van der Waals surface area contributed by atoms with Crippen molar-refractivity contribution in [3.63, 3.8) is 0 Å². The summed E-state index contributed by atoms with van der Waals surface area (Å²) >= 11 is 0. The van der Waals surface area contributed by atoms with Crippen LogP contribution in [0.3, 0.4) is 0 Å². The minimum Gasteiger partial charge on any atom is -0.481 e. The molecule has 0 bridgehead atoms. The van der Waals surface area contributed by atoms with Gasteiger partial charge in [-0.1, -0.05) is 109 Å². The van der Waals surface area contributed by atoms with E-state index >= 15 is 0 Å². The number of rotatable bonds is 27. The van der Waals surface area contributed by atoms with Gasteiger partial charge in [-0.2, -0.15) is 0 Å². The van der Waals surface area contributed by atoms with E-state index in [2.05, 4.69) is 26.0 Å². The molecule has 0 aliphatic carbocycles. The molecule has 1 atom stereocenters. The van der Waals surface area contributed by atoms with Crippen molar-refractivity contribution in [3.8, 4) is 0 Å². The van der Waals surface area contributed by atoms with Crippen molar-refractivity contribution >= 4 is 11.9 Å². The number of carboxylic acid groups (broad SMARTS) is 1. The molecule has 4 nitrogen and oxygen atoms in total. The lowest BCUT2D eigenvalue weighted by atomic mass is 10.0. The number of unbranched alkanes of at least 4 members (excludes halogenated alkanes) is 16. The largest absolute Gasteiger partial charge is 0.481 e. The summed E-state index contributed by atoms with van der Waals surface area (Å²) in [6.07, 6.45) is 30.9. The minimum atomic E-state index is -0.690. The molecule has 0 aromatic rings. The van der Waals surface area contributed by atoms with Gasteiger partial charge in [0.15, 0.2) is 0 Å². The van der Waals surface area contributed by atoms with Crippen molar-refractivity contribution in [2.45, 2.75) is 174 Å². The number of esters is 1. The third kappa shape index (κ3) is 27.1. The number of aliphatic carboxylic acids is 1. The molecule has 1 N–H and O–H groups in total. The maximum atomic E-state index is 12.4. The lowest BCUT2D eigenvalue weighted by Crippen LogP contribution is -2.18. The van der Waals surface area contributed by atoms with Gasteiger partial charge in [-0.05, 0) is 57.8 Å². The van der Waals surface area contributed by atoms with Gasteiger partial charge in [-0.3, -0.25) is 9.59 Å². The lowest BCUT2D eigenvalue weighted by molar-refractivity contribution is -0.150. The van der Waals surface area contributed by atoms with Crippen LogP contribution in [0.15, 0.2) is 12.2 Å². The molecule has 0 fully saturated rings. The minimum absolute atomic E-state index is 0.00199. The molecule has 0 aliphatic rings. The second-order valence-electron chi connectivity index (χ2n) is 10.3. The fraction of sp³-hybridized carbons (Fsp3) is 0.871. The van der Waals surface area contributed by atoms with E-state index in [9.17, 15) is 9.59 Å². The van der Waals surface area contributed by atoms with E-state index in [4.69, 9.17) is 9.84 Å². The molecule has 0 rings (SSSR count). The highest BCUT2D eigenvalue weighted by atomic mass is 16.5. The van der Waals surface area contributed by atoms with E-state index in [0.29, 0.717) is 12.8 Å². The van der Waals surface area contributed by atoms with E-state index in [-0.39, 0.29) is 12.1 Å². The third-order valence-electron chi connectivity index (χ3n) is 6.74. The summed E-state index contributed by atoms with van der Waals surface area (Å²) in [7, 11) is 0. The van der Waals surface area contributed by atoms with Crippen LogP contribution in [0.4, 0.5) is 0 Å². The molecular formula is C31H58O4. The molecule has 35 heavy (non-hydrogen) atoms. The van der Waals surface area contributed by atoms with E-state index in [1.54, 1.807) is 0 Å². The van der Waals surface area contributed by atoms with Gasteiger partial charge in [-0.15, -0.1) is 0 Å². The Kier molecular flexibility index (Phi) is 26.2. The Labute approximate surface area is 217 Å². The highest BCUT2D eigenvalue weighted by Gasteiger charge is 2.14. The molecule has 0 aromatic carbocycles. The van der Waals surface area contributed by atoms with Crippen LogP contribution in [-0.2, 0) is 14.3 Å². The van der Waals surface area contributed by atoms with Crippen LogP contribution in [0, 0.1) is 0 Å². The number of carbonyl (C=O) groups is 2. The normalized spacial score (nSPS) is 12.3. The molecular weight excluding hydrogens is 436 g/mol.